The topological polar surface area (TPSA) is 180 Å². The first-order valence-corrected chi connectivity index (χ1v) is 18.2. The molecule has 5 rings (SSSR count). The lowest BCUT2D eigenvalue weighted by atomic mass is 9.82. The second-order valence-electron chi connectivity index (χ2n) is 15.5. The molecule has 1 saturated heterocycles. The van der Waals surface area contributed by atoms with Crippen LogP contribution in [0.4, 0.5) is 0 Å². The number of rotatable bonds is 13. The summed E-state index contributed by atoms with van der Waals surface area (Å²) in [5.41, 5.74) is -0.638. The van der Waals surface area contributed by atoms with E-state index < -0.39 is 59.0 Å². The van der Waals surface area contributed by atoms with Crippen molar-refractivity contribution >= 4 is 35.3 Å². The fourth-order valence-corrected chi connectivity index (χ4v) is 7.87. The van der Waals surface area contributed by atoms with Crippen molar-refractivity contribution < 1.29 is 28.8 Å². The Bertz CT molecular complexity index is 1390. The first-order valence-electron chi connectivity index (χ1n) is 18.2. The summed E-state index contributed by atoms with van der Waals surface area (Å²) in [5, 5.41) is 11.5. The van der Waals surface area contributed by atoms with Gasteiger partial charge in [-0.2, -0.15) is 0 Å². The highest BCUT2D eigenvalue weighted by atomic mass is 16.2. The van der Waals surface area contributed by atoms with Crippen molar-refractivity contribution in [2.75, 3.05) is 6.54 Å². The maximum Gasteiger partial charge on any atom is 0.289 e. The summed E-state index contributed by atoms with van der Waals surface area (Å²) in [4.78, 5) is 91.4. The van der Waals surface area contributed by atoms with Crippen molar-refractivity contribution in [3.63, 3.8) is 0 Å². The van der Waals surface area contributed by atoms with Gasteiger partial charge in [0.25, 0.3) is 11.8 Å². The van der Waals surface area contributed by atoms with E-state index in [4.69, 9.17) is 0 Å². The van der Waals surface area contributed by atoms with Crippen LogP contribution in [0.25, 0.3) is 0 Å². The van der Waals surface area contributed by atoms with E-state index in [1.807, 2.05) is 27.7 Å². The third kappa shape index (κ3) is 8.83. The van der Waals surface area contributed by atoms with Crippen molar-refractivity contribution in [3.8, 4) is 0 Å². The predicted octanol–water partition coefficient (Wildman–Crippen LogP) is 2.45. The van der Waals surface area contributed by atoms with Crippen LogP contribution in [0.15, 0.2) is 18.6 Å². The standard InChI is InChI=1S/C36H53N7O6/c1-5-10-25(29(44)34(48)39-23-15-16-23)40-33(47)28-24-14-9-13-22(24)20-43(28)35(49)30(36(2,3)4)42-32(46)27(21-11-7-6-8-12-21)41-31(45)26-19-37-17-18-38-26/h17-19,21-25,27-28,30H,5-16,20H2,1-4H3,(H,39,48)(H,40,47)(H,41,45)(H,42,46)/t22-,24-,25-,27+,28+,30+/m1/s1. The molecule has 1 aromatic heterocycles. The number of aromatic nitrogens is 2. The Hall–Kier alpha value is -3.90. The van der Waals surface area contributed by atoms with Gasteiger partial charge in [0.15, 0.2) is 0 Å². The molecule has 4 fully saturated rings. The molecular formula is C36H53N7O6. The molecule has 2 heterocycles. The van der Waals surface area contributed by atoms with E-state index in [0.29, 0.717) is 19.4 Å². The van der Waals surface area contributed by atoms with Gasteiger partial charge in [-0.1, -0.05) is 59.8 Å². The summed E-state index contributed by atoms with van der Waals surface area (Å²) >= 11 is 0. The van der Waals surface area contributed by atoms with E-state index in [-0.39, 0.29) is 35.4 Å². The third-order valence-corrected chi connectivity index (χ3v) is 10.7. The monoisotopic (exact) mass is 679 g/mol. The average Bonchev–Trinajstić information content (AvgIpc) is 3.65. The van der Waals surface area contributed by atoms with Gasteiger partial charge in [-0.05, 0) is 68.1 Å². The smallest absolute Gasteiger partial charge is 0.289 e. The number of hydrogen-bond acceptors (Lipinski definition) is 8. The van der Waals surface area contributed by atoms with Crippen LogP contribution >= 0.6 is 0 Å². The summed E-state index contributed by atoms with van der Waals surface area (Å²) in [6.07, 6.45) is 13.9. The number of carbonyl (C=O) groups excluding carboxylic acids is 6. The molecule has 268 valence electrons. The number of carbonyl (C=O) groups is 6. The molecule has 3 saturated carbocycles. The summed E-state index contributed by atoms with van der Waals surface area (Å²) < 4.78 is 0. The summed E-state index contributed by atoms with van der Waals surface area (Å²) in [6, 6.07) is -3.68. The first kappa shape index (κ1) is 36.4. The lowest BCUT2D eigenvalue weighted by Gasteiger charge is -2.38. The van der Waals surface area contributed by atoms with Crippen LogP contribution in [0.2, 0.25) is 0 Å². The average molecular weight is 680 g/mol. The summed E-state index contributed by atoms with van der Waals surface area (Å²) in [6.45, 7) is 7.85. The highest BCUT2D eigenvalue weighted by molar-refractivity contribution is 6.38. The van der Waals surface area contributed by atoms with E-state index in [1.165, 1.54) is 18.6 Å². The number of nitrogens with one attached hydrogen (secondary N) is 4. The Balaban J connectivity index is 1.36. The van der Waals surface area contributed by atoms with Gasteiger partial charge in [-0.3, -0.25) is 33.8 Å². The van der Waals surface area contributed by atoms with Gasteiger partial charge in [-0.15, -0.1) is 0 Å². The van der Waals surface area contributed by atoms with Crippen LogP contribution in [0.5, 0.6) is 0 Å². The lowest BCUT2D eigenvalue weighted by Crippen LogP contribution is -2.62. The Morgan fingerprint density at radius 3 is 2.27 bits per heavy atom. The van der Waals surface area contributed by atoms with Gasteiger partial charge in [0.2, 0.25) is 23.5 Å². The third-order valence-electron chi connectivity index (χ3n) is 10.7. The van der Waals surface area contributed by atoms with E-state index in [9.17, 15) is 28.8 Å². The molecule has 0 aromatic carbocycles. The molecule has 0 bridgehead atoms. The molecule has 4 N–H and O–H groups in total. The minimum atomic E-state index is -0.994. The molecule has 1 aromatic rings. The second kappa shape index (κ2) is 15.8. The minimum Gasteiger partial charge on any atom is -0.347 e. The fraction of sp³-hybridized carbons (Fsp3) is 0.722. The van der Waals surface area contributed by atoms with Gasteiger partial charge in [-0.25, -0.2) is 4.98 Å². The fourth-order valence-electron chi connectivity index (χ4n) is 7.87. The van der Waals surface area contributed by atoms with E-state index in [0.717, 1.165) is 64.2 Å². The van der Waals surface area contributed by atoms with Crippen molar-refractivity contribution in [1.29, 1.82) is 0 Å². The summed E-state index contributed by atoms with van der Waals surface area (Å²) in [5.74, 6) is -3.20. The predicted molar refractivity (Wildman–Crippen MR) is 181 cm³/mol. The van der Waals surface area contributed by atoms with Crippen molar-refractivity contribution in [3.05, 3.63) is 24.3 Å². The molecule has 6 atom stereocenters. The molecule has 5 amide bonds. The van der Waals surface area contributed by atoms with Crippen LogP contribution in [0, 0.1) is 23.2 Å². The van der Waals surface area contributed by atoms with Crippen molar-refractivity contribution in [1.82, 2.24) is 36.1 Å². The molecule has 49 heavy (non-hydrogen) atoms. The zero-order valence-corrected chi connectivity index (χ0v) is 29.3. The van der Waals surface area contributed by atoms with Gasteiger partial charge >= 0.3 is 0 Å². The van der Waals surface area contributed by atoms with Gasteiger partial charge in [0.1, 0.15) is 23.8 Å². The van der Waals surface area contributed by atoms with Crippen LogP contribution in [0.3, 0.4) is 0 Å². The number of fused-ring (bicyclic) bond motifs is 1. The molecule has 1 aliphatic heterocycles. The van der Waals surface area contributed by atoms with E-state index >= 15 is 0 Å². The van der Waals surface area contributed by atoms with Gasteiger partial charge in [0, 0.05) is 25.0 Å². The molecule has 0 radical (unpaired) electrons. The van der Waals surface area contributed by atoms with Crippen LogP contribution in [-0.2, 0) is 24.0 Å². The Kier molecular flexibility index (Phi) is 11.7. The highest BCUT2D eigenvalue weighted by Crippen LogP contribution is 2.43. The largest absolute Gasteiger partial charge is 0.347 e. The zero-order valence-electron chi connectivity index (χ0n) is 29.3. The quantitative estimate of drug-likeness (QED) is 0.230. The Morgan fingerprint density at radius 1 is 0.898 bits per heavy atom. The molecule has 0 spiro atoms. The van der Waals surface area contributed by atoms with Crippen LogP contribution in [-0.4, -0.2) is 86.9 Å². The number of likely N-dealkylation sites (tertiary alicyclic amines) is 1. The van der Waals surface area contributed by atoms with Gasteiger partial charge < -0.3 is 26.2 Å². The number of nitrogens with zero attached hydrogens (tertiary/aromatic N) is 3. The van der Waals surface area contributed by atoms with E-state index in [1.54, 1.807) is 4.90 Å². The molecular weight excluding hydrogens is 626 g/mol. The maximum atomic E-state index is 14.6. The SMILES string of the molecule is CCC[C@@H](NC(=O)[C@@H]1[C@@H]2CCC[C@@H]2CN1C(=O)[C@H](NC(=O)[C@@H](NC(=O)c1cnccn1)C1CCCCC1)C(C)(C)C)C(=O)C(=O)NC1CC1. The summed E-state index contributed by atoms with van der Waals surface area (Å²) in [7, 11) is 0. The zero-order chi connectivity index (χ0) is 35.3. The number of Topliss-reactive ketones (excluding diaryl/α,β-unsaturated/α-hetero) is 1. The molecule has 0 unspecified atom stereocenters. The first-order chi connectivity index (χ1) is 23.4. The maximum absolute atomic E-state index is 14.6. The lowest BCUT2D eigenvalue weighted by molar-refractivity contribution is -0.146. The molecule has 3 aliphatic carbocycles. The Labute approximate surface area is 288 Å². The molecule has 13 nitrogen and oxygen atoms in total. The Morgan fingerprint density at radius 2 is 1.63 bits per heavy atom. The van der Waals surface area contributed by atoms with E-state index in [2.05, 4.69) is 31.2 Å². The van der Waals surface area contributed by atoms with Crippen molar-refractivity contribution in [2.24, 2.45) is 23.2 Å². The normalized spacial score (nSPS) is 24.2. The minimum absolute atomic E-state index is 0.0132. The van der Waals surface area contributed by atoms with Crippen LogP contribution in [0.1, 0.15) is 115 Å². The van der Waals surface area contributed by atoms with Gasteiger partial charge in [0.05, 0.1) is 12.2 Å². The molecule has 4 aliphatic rings. The number of hydrogen-bond donors (Lipinski definition) is 4. The highest BCUT2D eigenvalue weighted by Gasteiger charge is 2.52. The second-order valence-corrected chi connectivity index (χ2v) is 15.5. The number of ketones is 1. The van der Waals surface area contributed by atoms with Crippen molar-refractivity contribution in [2.45, 2.75) is 135 Å². The number of amides is 5. The van der Waals surface area contributed by atoms with Crippen LogP contribution < -0.4 is 21.3 Å². The molecule has 13 heteroatoms.